The lowest BCUT2D eigenvalue weighted by atomic mass is 10.0. The molecule has 0 spiro atoms. The zero-order valence-electron chi connectivity index (χ0n) is 7.16. The Hall–Kier alpha value is -0.830. The molecule has 0 radical (unpaired) electrons. The van der Waals surface area contributed by atoms with Crippen LogP contribution in [0.15, 0.2) is 12.2 Å². The largest absolute Gasteiger partial charge is 0.480 e. The number of allylic oxidation sites excluding steroid dienone is 1. The second kappa shape index (κ2) is 4.91. The molecule has 0 aliphatic rings. The van der Waals surface area contributed by atoms with Crippen molar-refractivity contribution < 1.29 is 9.90 Å². The summed E-state index contributed by atoms with van der Waals surface area (Å²) in [6, 6.07) is -0.480. The molecule has 0 heterocycles. The van der Waals surface area contributed by atoms with Gasteiger partial charge in [-0.3, -0.25) is 4.79 Å². The highest BCUT2D eigenvalue weighted by atomic mass is 16.4. The van der Waals surface area contributed by atoms with E-state index >= 15 is 0 Å². The van der Waals surface area contributed by atoms with Crippen LogP contribution in [0.1, 0.15) is 13.8 Å². The summed E-state index contributed by atoms with van der Waals surface area (Å²) in [5.74, 6) is -0.777. The number of likely N-dealkylation sites (N-methyl/N-ethyl adjacent to an activating group) is 1. The van der Waals surface area contributed by atoms with Crippen LogP contribution in [0.3, 0.4) is 0 Å². The average Bonchev–Trinajstić information content (AvgIpc) is 1.88. The molecule has 0 rings (SSSR count). The third kappa shape index (κ3) is 3.18. The molecule has 3 nitrogen and oxygen atoms in total. The van der Waals surface area contributed by atoms with E-state index in [1.54, 1.807) is 7.05 Å². The molecule has 0 aliphatic carbocycles. The second-order valence-electron chi connectivity index (χ2n) is 2.49. The van der Waals surface area contributed by atoms with Gasteiger partial charge in [-0.15, -0.1) is 0 Å². The van der Waals surface area contributed by atoms with E-state index in [9.17, 15) is 4.79 Å². The molecule has 3 heteroatoms. The summed E-state index contributed by atoms with van der Waals surface area (Å²) in [7, 11) is 1.65. The molecular formula is C8H15NO2. The van der Waals surface area contributed by atoms with Crippen molar-refractivity contribution in [2.24, 2.45) is 5.92 Å². The predicted molar refractivity (Wildman–Crippen MR) is 44.5 cm³/mol. The first-order valence-electron chi connectivity index (χ1n) is 3.66. The van der Waals surface area contributed by atoms with Gasteiger partial charge in [0.2, 0.25) is 0 Å². The van der Waals surface area contributed by atoms with Gasteiger partial charge in [0, 0.05) is 5.92 Å². The quantitative estimate of drug-likeness (QED) is 0.595. The molecule has 0 aromatic rings. The van der Waals surface area contributed by atoms with Crippen LogP contribution in [-0.2, 0) is 4.79 Å². The smallest absolute Gasteiger partial charge is 0.321 e. The maximum absolute atomic E-state index is 10.6. The molecule has 0 aromatic heterocycles. The van der Waals surface area contributed by atoms with E-state index in [1.807, 2.05) is 26.0 Å². The maximum atomic E-state index is 10.6. The lowest BCUT2D eigenvalue weighted by Gasteiger charge is -2.15. The number of carboxylic acids is 1. The molecule has 64 valence electrons. The van der Waals surface area contributed by atoms with E-state index in [0.29, 0.717) is 0 Å². The van der Waals surface area contributed by atoms with Gasteiger partial charge in [0.05, 0.1) is 0 Å². The van der Waals surface area contributed by atoms with Gasteiger partial charge in [-0.25, -0.2) is 0 Å². The van der Waals surface area contributed by atoms with Gasteiger partial charge >= 0.3 is 5.97 Å². The van der Waals surface area contributed by atoms with Crippen molar-refractivity contribution >= 4 is 5.97 Å². The van der Waals surface area contributed by atoms with E-state index in [1.165, 1.54) is 0 Å². The van der Waals surface area contributed by atoms with Gasteiger partial charge in [-0.05, 0) is 14.0 Å². The number of nitrogens with one attached hydrogen (secondary N) is 1. The Morgan fingerprint density at radius 1 is 1.64 bits per heavy atom. The first-order chi connectivity index (χ1) is 5.13. The first kappa shape index (κ1) is 10.2. The zero-order chi connectivity index (χ0) is 8.85. The standard InChI is InChI=1S/C8H15NO2/c1-4-5-6(2)7(9-3)8(10)11/h4-7,9H,1-3H3,(H,10,11)/t6?,7-/m1/s1. The number of hydrogen-bond acceptors (Lipinski definition) is 2. The second-order valence-corrected chi connectivity index (χ2v) is 2.49. The number of rotatable bonds is 4. The van der Waals surface area contributed by atoms with Crippen molar-refractivity contribution in [3.05, 3.63) is 12.2 Å². The van der Waals surface area contributed by atoms with Crippen LogP contribution < -0.4 is 5.32 Å². The summed E-state index contributed by atoms with van der Waals surface area (Å²) in [5, 5.41) is 11.4. The van der Waals surface area contributed by atoms with Gasteiger partial charge < -0.3 is 10.4 Å². The Labute approximate surface area is 67.1 Å². The minimum Gasteiger partial charge on any atom is -0.480 e. The van der Waals surface area contributed by atoms with Crippen LogP contribution in [0.4, 0.5) is 0 Å². The lowest BCUT2D eigenvalue weighted by Crippen LogP contribution is -2.38. The minimum absolute atomic E-state index is 0.0301. The summed E-state index contributed by atoms with van der Waals surface area (Å²) < 4.78 is 0. The molecule has 0 fully saturated rings. The highest BCUT2D eigenvalue weighted by Crippen LogP contribution is 2.04. The van der Waals surface area contributed by atoms with Crippen molar-refractivity contribution in [1.82, 2.24) is 5.32 Å². The van der Waals surface area contributed by atoms with Crippen molar-refractivity contribution in [1.29, 1.82) is 0 Å². The minimum atomic E-state index is -0.807. The summed E-state index contributed by atoms with van der Waals surface area (Å²) in [4.78, 5) is 10.6. The molecule has 1 unspecified atom stereocenters. The fourth-order valence-electron chi connectivity index (χ4n) is 1.03. The zero-order valence-corrected chi connectivity index (χ0v) is 7.16. The van der Waals surface area contributed by atoms with E-state index < -0.39 is 12.0 Å². The normalized spacial score (nSPS) is 16.6. The molecule has 0 saturated heterocycles. The Morgan fingerprint density at radius 2 is 2.18 bits per heavy atom. The lowest BCUT2D eigenvalue weighted by molar-refractivity contribution is -0.140. The highest BCUT2D eigenvalue weighted by molar-refractivity contribution is 5.74. The number of carboxylic acid groups (broad SMARTS) is 1. The molecule has 0 aromatic carbocycles. The highest BCUT2D eigenvalue weighted by Gasteiger charge is 2.19. The fraction of sp³-hybridized carbons (Fsp3) is 0.625. The molecule has 2 atom stereocenters. The number of carbonyl (C=O) groups is 1. The Morgan fingerprint density at radius 3 is 2.45 bits per heavy atom. The van der Waals surface area contributed by atoms with Crippen LogP contribution in [0.2, 0.25) is 0 Å². The third-order valence-corrected chi connectivity index (χ3v) is 1.60. The summed E-state index contributed by atoms with van der Waals surface area (Å²) in [5.41, 5.74) is 0. The third-order valence-electron chi connectivity index (χ3n) is 1.60. The summed E-state index contributed by atoms with van der Waals surface area (Å²) in [6.07, 6.45) is 3.73. The van der Waals surface area contributed by atoms with Crippen LogP contribution in [-0.4, -0.2) is 24.2 Å². The van der Waals surface area contributed by atoms with Crippen molar-refractivity contribution in [3.63, 3.8) is 0 Å². The Kier molecular flexibility index (Phi) is 4.54. The van der Waals surface area contributed by atoms with E-state index in [-0.39, 0.29) is 5.92 Å². The molecule has 2 N–H and O–H groups in total. The van der Waals surface area contributed by atoms with E-state index in [2.05, 4.69) is 5.32 Å². The van der Waals surface area contributed by atoms with Gasteiger partial charge in [0.1, 0.15) is 6.04 Å². The molecule has 11 heavy (non-hydrogen) atoms. The van der Waals surface area contributed by atoms with E-state index in [0.717, 1.165) is 0 Å². The maximum Gasteiger partial charge on any atom is 0.321 e. The van der Waals surface area contributed by atoms with Crippen molar-refractivity contribution in [2.75, 3.05) is 7.05 Å². The van der Waals surface area contributed by atoms with E-state index in [4.69, 9.17) is 5.11 Å². The van der Waals surface area contributed by atoms with Crippen molar-refractivity contribution in [2.45, 2.75) is 19.9 Å². The summed E-state index contributed by atoms with van der Waals surface area (Å²) in [6.45, 7) is 3.75. The van der Waals surface area contributed by atoms with Gasteiger partial charge in [-0.1, -0.05) is 19.1 Å². The molecule has 0 saturated carbocycles. The monoisotopic (exact) mass is 157 g/mol. The van der Waals surface area contributed by atoms with Crippen LogP contribution >= 0.6 is 0 Å². The Bertz CT molecular complexity index is 154. The number of aliphatic carboxylic acids is 1. The van der Waals surface area contributed by atoms with Crippen molar-refractivity contribution in [3.8, 4) is 0 Å². The molecule has 0 aliphatic heterocycles. The topological polar surface area (TPSA) is 49.3 Å². The molecular weight excluding hydrogens is 142 g/mol. The van der Waals surface area contributed by atoms with Crippen LogP contribution in [0, 0.1) is 5.92 Å². The SMILES string of the molecule is CC=CC(C)[C@@H](NC)C(=O)O. The van der Waals surface area contributed by atoms with Crippen LogP contribution in [0.5, 0.6) is 0 Å². The van der Waals surface area contributed by atoms with Gasteiger partial charge in [0.15, 0.2) is 0 Å². The predicted octanol–water partition coefficient (Wildman–Crippen LogP) is 0.871. The first-order valence-corrected chi connectivity index (χ1v) is 3.66. The molecule has 0 amide bonds. The van der Waals surface area contributed by atoms with Crippen LogP contribution in [0.25, 0.3) is 0 Å². The number of hydrogen-bond donors (Lipinski definition) is 2. The Balaban J connectivity index is 4.13. The summed E-state index contributed by atoms with van der Waals surface area (Å²) >= 11 is 0. The molecule has 0 bridgehead atoms. The van der Waals surface area contributed by atoms with Gasteiger partial charge in [-0.2, -0.15) is 0 Å². The average molecular weight is 157 g/mol. The fourth-order valence-corrected chi connectivity index (χ4v) is 1.03. The van der Waals surface area contributed by atoms with Gasteiger partial charge in [0.25, 0.3) is 0 Å².